The molecule has 9 heteroatoms. The Morgan fingerprint density at radius 1 is 0.894 bits per heavy atom. The van der Waals surface area contributed by atoms with Crippen molar-refractivity contribution in [1.29, 1.82) is 0 Å². The molecule has 6 rings (SSSR count). The number of benzene rings is 3. The Kier molecular flexibility index (Phi) is 9.66. The molecule has 0 radical (unpaired) electrons. The van der Waals surface area contributed by atoms with Gasteiger partial charge in [-0.2, -0.15) is 0 Å². The molecule has 2 heterocycles. The molecule has 0 spiro atoms. The SMILES string of the molecule is CC(C)(C)OC(=O)C(CCN1CCC(O)CC1)NC(=O)C1Cc2ccccc2CN1C(=O)OCC1c2ccccc2-c2ccccc21. The summed E-state index contributed by atoms with van der Waals surface area (Å²) in [5, 5.41) is 12.9. The van der Waals surface area contributed by atoms with Crippen LogP contribution in [0.5, 0.6) is 0 Å². The standard InChI is InChI=1S/C38H45N3O6/c1-38(2,3)47-36(44)33(18-21-40-19-16-27(42)17-20-40)39-35(43)34-22-25-10-4-5-11-26(25)23-41(34)37(45)46-24-32-30-14-8-6-12-28(30)29-13-7-9-15-31(29)32/h4-15,27,32-34,42H,16-24H2,1-3H3,(H,39,43). The molecule has 2 N–H and O–H groups in total. The number of nitrogens with zero attached hydrogens (tertiary/aromatic N) is 2. The summed E-state index contributed by atoms with van der Waals surface area (Å²) in [7, 11) is 0. The lowest BCUT2D eigenvalue weighted by atomic mass is 9.93. The van der Waals surface area contributed by atoms with Crippen molar-refractivity contribution in [3.05, 3.63) is 95.1 Å². The predicted molar refractivity (Wildman–Crippen MR) is 179 cm³/mol. The molecule has 0 aromatic heterocycles. The van der Waals surface area contributed by atoms with Gasteiger partial charge in [0.05, 0.1) is 12.6 Å². The van der Waals surface area contributed by atoms with Crippen LogP contribution < -0.4 is 5.32 Å². The van der Waals surface area contributed by atoms with Crippen molar-refractivity contribution < 1.29 is 29.0 Å². The van der Waals surface area contributed by atoms with E-state index in [0.717, 1.165) is 46.5 Å². The number of piperidine rings is 1. The Morgan fingerprint density at radius 3 is 2.13 bits per heavy atom. The zero-order valence-corrected chi connectivity index (χ0v) is 27.5. The van der Waals surface area contributed by atoms with Crippen molar-refractivity contribution >= 4 is 18.0 Å². The first-order valence-electron chi connectivity index (χ1n) is 16.7. The number of aliphatic hydroxyl groups excluding tert-OH is 1. The maximum absolute atomic E-state index is 14.1. The van der Waals surface area contributed by atoms with Crippen molar-refractivity contribution in [2.75, 3.05) is 26.2 Å². The molecule has 2 unspecified atom stereocenters. The van der Waals surface area contributed by atoms with Gasteiger partial charge in [-0.25, -0.2) is 9.59 Å². The third-order valence-corrected chi connectivity index (χ3v) is 9.42. The van der Waals surface area contributed by atoms with Crippen LogP contribution in [0.2, 0.25) is 0 Å². The van der Waals surface area contributed by atoms with E-state index in [9.17, 15) is 19.5 Å². The summed E-state index contributed by atoms with van der Waals surface area (Å²) >= 11 is 0. The molecule has 0 saturated carbocycles. The van der Waals surface area contributed by atoms with Crippen LogP contribution in [0, 0.1) is 0 Å². The molecule has 248 valence electrons. The number of esters is 1. The van der Waals surface area contributed by atoms with Gasteiger partial charge in [0.1, 0.15) is 24.3 Å². The number of carbonyl (C=O) groups excluding carboxylic acids is 3. The van der Waals surface area contributed by atoms with E-state index in [4.69, 9.17) is 9.47 Å². The average molecular weight is 640 g/mol. The number of ether oxygens (including phenoxy) is 2. The van der Waals surface area contributed by atoms with Crippen LogP contribution in [0.4, 0.5) is 4.79 Å². The number of rotatable bonds is 8. The number of aliphatic hydroxyl groups is 1. The first-order chi connectivity index (χ1) is 22.6. The maximum atomic E-state index is 14.1. The third kappa shape index (κ3) is 7.52. The molecular formula is C38H45N3O6. The molecule has 3 aliphatic rings. The maximum Gasteiger partial charge on any atom is 0.410 e. The highest BCUT2D eigenvalue weighted by molar-refractivity contribution is 5.90. The average Bonchev–Trinajstić information content (AvgIpc) is 3.38. The fraction of sp³-hybridized carbons (Fsp3) is 0.447. The second-order valence-corrected chi connectivity index (χ2v) is 13.9. The van der Waals surface area contributed by atoms with E-state index in [0.29, 0.717) is 32.2 Å². The minimum Gasteiger partial charge on any atom is -0.458 e. The number of fused-ring (bicyclic) bond motifs is 4. The minimum atomic E-state index is -0.893. The van der Waals surface area contributed by atoms with Crippen LogP contribution >= 0.6 is 0 Å². The van der Waals surface area contributed by atoms with E-state index in [-0.39, 0.29) is 25.2 Å². The number of carbonyl (C=O) groups is 3. The van der Waals surface area contributed by atoms with E-state index in [1.54, 1.807) is 20.8 Å². The van der Waals surface area contributed by atoms with Crippen LogP contribution in [0.15, 0.2) is 72.8 Å². The molecule has 1 aliphatic carbocycles. The van der Waals surface area contributed by atoms with E-state index in [2.05, 4.69) is 34.5 Å². The van der Waals surface area contributed by atoms with Gasteiger partial charge >= 0.3 is 12.1 Å². The Hall–Kier alpha value is -4.21. The normalized spacial score (nSPS) is 18.9. The van der Waals surface area contributed by atoms with Crippen molar-refractivity contribution in [2.45, 2.75) is 82.7 Å². The topological polar surface area (TPSA) is 108 Å². The summed E-state index contributed by atoms with van der Waals surface area (Å²) in [5.74, 6) is -1.03. The van der Waals surface area contributed by atoms with Gasteiger partial charge in [0.2, 0.25) is 5.91 Å². The smallest absolute Gasteiger partial charge is 0.410 e. The highest BCUT2D eigenvalue weighted by Gasteiger charge is 2.39. The summed E-state index contributed by atoms with van der Waals surface area (Å²) in [6.07, 6.45) is 1.15. The van der Waals surface area contributed by atoms with Gasteiger partial charge in [-0.15, -0.1) is 0 Å². The zero-order chi connectivity index (χ0) is 33.1. The first kappa shape index (κ1) is 32.7. The highest BCUT2D eigenvalue weighted by atomic mass is 16.6. The minimum absolute atomic E-state index is 0.108. The molecule has 0 bridgehead atoms. The quantitative estimate of drug-likeness (QED) is 0.333. The summed E-state index contributed by atoms with van der Waals surface area (Å²) in [6, 6.07) is 22.4. The van der Waals surface area contributed by atoms with Gasteiger partial charge in [0.15, 0.2) is 0 Å². The molecule has 2 atom stereocenters. The lowest BCUT2D eigenvalue weighted by molar-refractivity contribution is -0.159. The second kappa shape index (κ2) is 13.9. The summed E-state index contributed by atoms with van der Waals surface area (Å²) in [4.78, 5) is 45.0. The van der Waals surface area contributed by atoms with E-state index in [1.807, 2.05) is 48.5 Å². The van der Waals surface area contributed by atoms with Crippen LogP contribution in [0.1, 0.15) is 68.2 Å². The van der Waals surface area contributed by atoms with E-state index in [1.165, 1.54) is 4.90 Å². The van der Waals surface area contributed by atoms with Crippen LogP contribution in [-0.4, -0.2) is 82.9 Å². The van der Waals surface area contributed by atoms with Gasteiger partial charge in [0.25, 0.3) is 0 Å². The van der Waals surface area contributed by atoms with Gasteiger partial charge in [-0.05, 0) is 73.4 Å². The zero-order valence-electron chi connectivity index (χ0n) is 27.5. The summed E-state index contributed by atoms with van der Waals surface area (Å²) < 4.78 is 11.7. The van der Waals surface area contributed by atoms with Crippen molar-refractivity contribution in [3.63, 3.8) is 0 Å². The molecular weight excluding hydrogens is 594 g/mol. The molecule has 1 saturated heterocycles. The Bertz CT molecular complexity index is 1560. The van der Waals surface area contributed by atoms with Crippen molar-refractivity contribution in [2.24, 2.45) is 0 Å². The Balaban J connectivity index is 1.19. The van der Waals surface area contributed by atoms with Gasteiger partial charge < -0.3 is 24.8 Å². The van der Waals surface area contributed by atoms with Crippen molar-refractivity contribution in [3.8, 4) is 11.1 Å². The first-order valence-corrected chi connectivity index (χ1v) is 16.7. The summed E-state index contributed by atoms with van der Waals surface area (Å²) in [6.45, 7) is 7.78. The molecule has 2 aliphatic heterocycles. The van der Waals surface area contributed by atoms with Gasteiger partial charge in [-0.1, -0.05) is 72.8 Å². The number of likely N-dealkylation sites (tertiary alicyclic amines) is 1. The second-order valence-electron chi connectivity index (χ2n) is 13.9. The predicted octanol–water partition coefficient (Wildman–Crippen LogP) is 5.04. The number of amides is 2. The van der Waals surface area contributed by atoms with Crippen LogP contribution in [0.3, 0.4) is 0 Å². The largest absolute Gasteiger partial charge is 0.458 e. The van der Waals surface area contributed by atoms with Crippen LogP contribution in [-0.2, 0) is 32.0 Å². The Labute approximate surface area is 276 Å². The van der Waals surface area contributed by atoms with E-state index >= 15 is 0 Å². The Morgan fingerprint density at radius 2 is 1.49 bits per heavy atom. The number of hydrogen-bond acceptors (Lipinski definition) is 7. The molecule has 3 aromatic rings. The molecule has 9 nitrogen and oxygen atoms in total. The monoisotopic (exact) mass is 639 g/mol. The molecule has 2 amide bonds. The third-order valence-electron chi connectivity index (χ3n) is 9.42. The summed E-state index contributed by atoms with van der Waals surface area (Å²) in [5.41, 5.74) is 5.72. The fourth-order valence-electron chi connectivity index (χ4n) is 6.97. The molecule has 47 heavy (non-hydrogen) atoms. The fourth-order valence-corrected chi connectivity index (χ4v) is 6.97. The molecule has 3 aromatic carbocycles. The number of hydrogen-bond donors (Lipinski definition) is 2. The van der Waals surface area contributed by atoms with Crippen LogP contribution in [0.25, 0.3) is 11.1 Å². The number of nitrogens with one attached hydrogen (secondary N) is 1. The van der Waals surface area contributed by atoms with Gasteiger partial charge in [-0.3, -0.25) is 9.69 Å². The molecule has 1 fully saturated rings. The lowest BCUT2D eigenvalue weighted by Gasteiger charge is -2.36. The highest BCUT2D eigenvalue weighted by Crippen LogP contribution is 2.44. The van der Waals surface area contributed by atoms with Gasteiger partial charge in [0, 0.05) is 32.0 Å². The van der Waals surface area contributed by atoms with E-state index < -0.39 is 35.7 Å². The lowest BCUT2D eigenvalue weighted by Crippen LogP contribution is -2.56. The van der Waals surface area contributed by atoms with Crippen molar-refractivity contribution in [1.82, 2.24) is 15.1 Å².